The van der Waals surface area contributed by atoms with Crippen molar-refractivity contribution < 1.29 is 0 Å². The van der Waals surface area contributed by atoms with Crippen LogP contribution in [0.2, 0.25) is 5.02 Å². The van der Waals surface area contributed by atoms with Gasteiger partial charge in [-0.15, -0.1) is 11.8 Å². The monoisotopic (exact) mass is 250 g/mol. The van der Waals surface area contributed by atoms with E-state index in [9.17, 15) is 0 Å². The van der Waals surface area contributed by atoms with Gasteiger partial charge in [0.15, 0.2) is 0 Å². The smallest absolute Gasteiger partial charge is 0.0406 e. The summed E-state index contributed by atoms with van der Waals surface area (Å²) in [5.41, 5.74) is 3.17. The Bertz CT molecular complexity index is 419. The summed E-state index contributed by atoms with van der Waals surface area (Å²) in [5.74, 6) is 1.91. The first-order chi connectivity index (χ1) is 7.84. The molecule has 0 fully saturated rings. The van der Waals surface area contributed by atoms with Gasteiger partial charge in [0.25, 0.3) is 0 Å². The average Bonchev–Trinajstić information content (AvgIpc) is 2.74. The molecule has 1 aromatic carbocycles. The van der Waals surface area contributed by atoms with Crippen molar-refractivity contribution in [1.82, 2.24) is 0 Å². The first-order valence-electron chi connectivity index (χ1n) is 5.95. The second-order valence-electron chi connectivity index (χ2n) is 4.57. The van der Waals surface area contributed by atoms with Gasteiger partial charge in [0, 0.05) is 16.7 Å². The molecule has 3 rings (SSSR count). The van der Waals surface area contributed by atoms with Crippen molar-refractivity contribution in [1.29, 1.82) is 0 Å². The molecule has 1 aliphatic heterocycles. The number of halogens is 1. The zero-order chi connectivity index (χ0) is 11.0. The predicted molar refractivity (Wildman–Crippen MR) is 72.1 cm³/mol. The Morgan fingerprint density at radius 1 is 1.06 bits per heavy atom. The molecule has 0 aromatic heterocycles. The Labute approximate surface area is 106 Å². The van der Waals surface area contributed by atoms with Gasteiger partial charge in [-0.25, -0.2) is 0 Å². The second-order valence-corrected chi connectivity index (χ2v) is 6.12. The molecule has 1 unspecified atom stereocenters. The fourth-order valence-corrected chi connectivity index (χ4v) is 4.32. The first-order valence-corrected chi connectivity index (χ1v) is 7.31. The minimum absolute atomic E-state index is 0.664. The van der Waals surface area contributed by atoms with Crippen molar-refractivity contribution in [3.63, 3.8) is 0 Å². The third kappa shape index (κ3) is 1.91. The normalized spacial score (nSPS) is 24.7. The molecule has 0 saturated heterocycles. The fourth-order valence-electron chi connectivity index (χ4n) is 2.71. The number of hydrogen-bond acceptors (Lipinski definition) is 1. The Kier molecular flexibility index (Phi) is 2.99. The van der Waals surface area contributed by atoms with E-state index in [0.29, 0.717) is 5.92 Å². The average molecular weight is 251 g/mol. The highest BCUT2D eigenvalue weighted by atomic mass is 35.5. The van der Waals surface area contributed by atoms with Crippen LogP contribution in [-0.4, -0.2) is 5.75 Å². The van der Waals surface area contributed by atoms with Gasteiger partial charge in [0.2, 0.25) is 0 Å². The van der Waals surface area contributed by atoms with Gasteiger partial charge in [0.05, 0.1) is 0 Å². The van der Waals surface area contributed by atoms with E-state index >= 15 is 0 Å². The van der Waals surface area contributed by atoms with Crippen molar-refractivity contribution in [2.45, 2.75) is 31.6 Å². The zero-order valence-electron chi connectivity index (χ0n) is 9.21. The molecule has 0 radical (unpaired) electrons. The summed E-state index contributed by atoms with van der Waals surface area (Å²) in [4.78, 5) is 1.69. The van der Waals surface area contributed by atoms with E-state index in [-0.39, 0.29) is 0 Å². The summed E-state index contributed by atoms with van der Waals surface area (Å²) in [6.07, 6.45) is 5.41. The lowest BCUT2D eigenvalue weighted by Crippen LogP contribution is -2.03. The number of thioether (sulfide) groups is 1. The molecule has 1 aromatic rings. The van der Waals surface area contributed by atoms with E-state index in [1.165, 1.54) is 37.0 Å². The Morgan fingerprint density at radius 2 is 1.81 bits per heavy atom. The Balaban J connectivity index is 1.91. The van der Waals surface area contributed by atoms with Crippen molar-refractivity contribution in [3.05, 3.63) is 45.3 Å². The fraction of sp³-hybridized carbons (Fsp3) is 0.429. The van der Waals surface area contributed by atoms with Crippen molar-refractivity contribution in [2.75, 3.05) is 5.75 Å². The van der Waals surface area contributed by atoms with Crippen LogP contribution < -0.4 is 0 Å². The summed E-state index contributed by atoms with van der Waals surface area (Å²) in [6.45, 7) is 0. The standard InChI is InChI=1S/C14H15ClS/c15-11-7-5-10(6-8-11)13-9-16-14-4-2-1-3-12(13)14/h5-8,13H,1-4,9H2. The summed E-state index contributed by atoms with van der Waals surface area (Å²) in [5, 5.41) is 0.840. The van der Waals surface area contributed by atoms with Gasteiger partial charge >= 0.3 is 0 Å². The molecule has 0 N–H and O–H groups in total. The largest absolute Gasteiger partial charge is 0.130 e. The quantitative estimate of drug-likeness (QED) is 0.676. The molecular weight excluding hydrogens is 236 g/mol. The maximum atomic E-state index is 5.94. The van der Waals surface area contributed by atoms with E-state index in [4.69, 9.17) is 11.6 Å². The highest BCUT2D eigenvalue weighted by Gasteiger charge is 2.28. The third-order valence-electron chi connectivity index (χ3n) is 3.58. The number of allylic oxidation sites excluding steroid dienone is 2. The SMILES string of the molecule is Clc1ccc(C2CSC3=C2CCCC3)cc1. The molecule has 2 heteroatoms. The molecule has 16 heavy (non-hydrogen) atoms. The lowest BCUT2D eigenvalue weighted by atomic mass is 9.86. The van der Waals surface area contributed by atoms with E-state index < -0.39 is 0 Å². The topological polar surface area (TPSA) is 0 Å². The van der Waals surface area contributed by atoms with Crippen molar-refractivity contribution in [2.24, 2.45) is 0 Å². The van der Waals surface area contributed by atoms with E-state index in [1.807, 2.05) is 12.1 Å². The Morgan fingerprint density at radius 3 is 2.62 bits per heavy atom. The molecule has 1 heterocycles. The molecule has 1 aliphatic carbocycles. The summed E-state index contributed by atoms with van der Waals surface area (Å²) in [7, 11) is 0. The van der Waals surface area contributed by atoms with Gasteiger partial charge in [-0.1, -0.05) is 29.3 Å². The van der Waals surface area contributed by atoms with Crippen LogP contribution in [0.25, 0.3) is 0 Å². The van der Waals surface area contributed by atoms with Crippen LogP contribution in [0.5, 0.6) is 0 Å². The molecule has 0 amide bonds. The molecule has 2 aliphatic rings. The van der Waals surface area contributed by atoms with E-state index in [0.717, 1.165) is 5.02 Å². The van der Waals surface area contributed by atoms with Crippen LogP contribution in [0.1, 0.15) is 37.2 Å². The highest BCUT2D eigenvalue weighted by molar-refractivity contribution is 8.03. The molecular formula is C14H15ClS. The van der Waals surface area contributed by atoms with E-state index in [1.54, 1.807) is 10.5 Å². The maximum absolute atomic E-state index is 5.94. The van der Waals surface area contributed by atoms with Gasteiger partial charge < -0.3 is 0 Å². The summed E-state index contributed by atoms with van der Waals surface area (Å²) in [6, 6.07) is 8.42. The summed E-state index contributed by atoms with van der Waals surface area (Å²) < 4.78 is 0. The molecule has 0 spiro atoms. The van der Waals surface area contributed by atoms with Gasteiger partial charge in [-0.05, 0) is 48.3 Å². The highest BCUT2D eigenvalue weighted by Crippen LogP contribution is 2.48. The molecule has 0 nitrogen and oxygen atoms in total. The Hall–Kier alpha value is -0.400. The second kappa shape index (κ2) is 4.46. The maximum Gasteiger partial charge on any atom is 0.0406 e. The van der Waals surface area contributed by atoms with Crippen molar-refractivity contribution >= 4 is 23.4 Å². The first kappa shape index (κ1) is 10.7. The van der Waals surface area contributed by atoms with Crippen LogP contribution in [-0.2, 0) is 0 Å². The molecule has 84 valence electrons. The number of benzene rings is 1. The lowest BCUT2D eigenvalue weighted by Gasteiger charge is -2.18. The number of rotatable bonds is 1. The minimum atomic E-state index is 0.664. The van der Waals surface area contributed by atoms with Crippen LogP contribution in [0, 0.1) is 0 Å². The summed E-state index contributed by atoms with van der Waals surface area (Å²) >= 11 is 8.02. The van der Waals surface area contributed by atoms with Gasteiger partial charge in [-0.3, -0.25) is 0 Å². The number of hydrogen-bond donors (Lipinski definition) is 0. The van der Waals surface area contributed by atoms with Crippen LogP contribution in [0.3, 0.4) is 0 Å². The minimum Gasteiger partial charge on any atom is -0.130 e. The van der Waals surface area contributed by atoms with Gasteiger partial charge in [-0.2, -0.15) is 0 Å². The van der Waals surface area contributed by atoms with E-state index in [2.05, 4.69) is 23.9 Å². The van der Waals surface area contributed by atoms with Crippen LogP contribution >= 0.6 is 23.4 Å². The predicted octanol–water partition coefficient (Wildman–Crippen LogP) is 5.00. The van der Waals surface area contributed by atoms with Crippen molar-refractivity contribution in [3.8, 4) is 0 Å². The van der Waals surface area contributed by atoms with Crippen LogP contribution in [0.4, 0.5) is 0 Å². The third-order valence-corrected chi connectivity index (χ3v) is 5.14. The lowest BCUT2D eigenvalue weighted by molar-refractivity contribution is 0.664. The van der Waals surface area contributed by atoms with Gasteiger partial charge in [0.1, 0.15) is 0 Å². The molecule has 0 saturated carbocycles. The zero-order valence-corrected chi connectivity index (χ0v) is 10.8. The molecule has 1 atom stereocenters. The molecule has 0 bridgehead atoms. The van der Waals surface area contributed by atoms with Crippen LogP contribution in [0.15, 0.2) is 34.7 Å².